The highest BCUT2D eigenvalue weighted by Gasteiger charge is 2.22. The van der Waals surface area contributed by atoms with E-state index in [0.717, 1.165) is 0 Å². The largest absolute Gasteiger partial charge is 0.323 e. The molecule has 1 nitrogen and oxygen atoms in total. The molecule has 0 radical (unpaired) electrons. The third-order valence-electron chi connectivity index (χ3n) is 3.40. The molecule has 1 heterocycles. The van der Waals surface area contributed by atoms with Crippen LogP contribution in [0.25, 0.3) is 10.8 Å². The van der Waals surface area contributed by atoms with Crippen LogP contribution in [0.1, 0.15) is 11.6 Å². The van der Waals surface area contributed by atoms with Gasteiger partial charge in [0.25, 0.3) is 0 Å². The zero-order valence-electron chi connectivity index (χ0n) is 10.2. The van der Waals surface area contributed by atoms with Crippen LogP contribution in [0, 0.1) is 0 Å². The maximum Gasteiger partial charge on any atom is 0.0423 e. The normalized spacial score (nSPS) is 21.9. The van der Waals surface area contributed by atoms with Crippen molar-refractivity contribution in [2.24, 2.45) is 5.73 Å². The van der Waals surface area contributed by atoms with Gasteiger partial charge in [-0.15, -0.1) is 0 Å². The topological polar surface area (TPSA) is 26.0 Å². The van der Waals surface area contributed by atoms with Gasteiger partial charge in [0.1, 0.15) is 0 Å². The Balaban J connectivity index is 1.88. The quantitative estimate of drug-likeness (QED) is 0.905. The summed E-state index contributed by atoms with van der Waals surface area (Å²) in [7, 11) is 0. The van der Waals surface area contributed by atoms with Crippen molar-refractivity contribution in [1.29, 1.82) is 0 Å². The Kier molecular flexibility index (Phi) is 3.83. The molecular formula is C15H17NS2. The van der Waals surface area contributed by atoms with Gasteiger partial charge in [-0.05, 0) is 22.4 Å². The standard InChI is InChI=1S/C15H17NS2/c16-15(14-10-17-7-8-18-14)13-6-5-11-3-1-2-4-12(11)9-13/h1-6,9,14-15H,7-8,10,16H2. The molecule has 0 spiro atoms. The molecule has 2 aromatic carbocycles. The van der Waals surface area contributed by atoms with Gasteiger partial charge in [0.15, 0.2) is 0 Å². The summed E-state index contributed by atoms with van der Waals surface area (Å²) >= 11 is 4.05. The van der Waals surface area contributed by atoms with Gasteiger partial charge < -0.3 is 5.73 Å². The van der Waals surface area contributed by atoms with E-state index in [1.165, 1.54) is 33.6 Å². The first kappa shape index (κ1) is 12.4. The second kappa shape index (κ2) is 5.55. The number of hydrogen-bond acceptors (Lipinski definition) is 3. The van der Waals surface area contributed by atoms with Gasteiger partial charge in [-0.3, -0.25) is 0 Å². The van der Waals surface area contributed by atoms with Gasteiger partial charge in [-0.2, -0.15) is 23.5 Å². The first-order chi connectivity index (χ1) is 8.84. The van der Waals surface area contributed by atoms with Gasteiger partial charge in [-0.25, -0.2) is 0 Å². The maximum absolute atomic E-state index is 6.43. The molecule has 2 aromatic rings. The van der Waals surface area contributed by atoms with E-state index < -0.39 is 0 Å². The van der Waals surface area contributed by atoms with E-state index >= 15 is 0 Å². The average Bonchev–Trinajstić information content (AvgIpc) is 2.47. The Morgan fingerprint density at radius 2 is 1.89 bits per heavy atom. The van der Waals surface area contributed by atoms with Crippen LogP contribution in [0.15, 0.2) is 42.5 Å². The maximum atomic E-state index is 6.43. The lowest BCUT2D eigenvalue weighted by Gasteiger charge is -2.27. The Hall–Kier alpha value is -0.640. The molecule has 3 heteroatoms. The average molecular weight is 275 g/mol. The predicted octanol–water partition coefficient (Wildman–Crippen LogP) is 3.69. The van der Waals surface area contributed by atoms with Crippen LogP contribution < -0.4 is 5.73 Å². The van der Waals surface area contributed by atoms with Crippen LogP contribution in [-0.2, 0) is 0 Å². The van der Waals surface area contributed by atoms with Crippen molar-refractivity contribution in [2.75, 3.05) is 17.3 Å². The molecule has 1 aliphatic heterocycles. The third kappa shape index (κ3) is 2.53. The summed E-state index contributed by atoms with van der Waals surface area (Å²) in [5.74, 6) is 3.68. The minimum atomic E-state index is 0.160. The molecule has 2 unspecified atom stereocenters. The summed E-state index contributed by atoms with van der Waals surface area (Å²) in [6.07, 6.45) is 0. The molecule has 18 heavy (non-hydrogen) atoms. The molecule has 2 N–H and O–H groups in total. The van der Waals surface area contributed by atoms with Crippen molar-refractivity contribution in [1.82, 2.24) is 0 Å². The van der Waals surface area contributed by atoms with Crippen molar-refractivity contribution in [3.05, 3.63) is 48.0 Å². The molecule has 0 bridgehead atoms. The van der Waals surface area contributed by atoms with Gasteiger partial charge in [0.05, 0.1) is 0 Å². The minimum absolute atomic E-state index is 0.160. The highest BCUT2D eigenvalue weighted by Crippen LogP contribution is 2.33. The summed E-state index contributed by atoms with van der Waals surface area (Å²) in [6, 6.07) is 15.3. The van der Waals surface area contributed by atoms with Gasteiger partial charge in [0, 0.05) is 28.6 Å². The smallest absolute Gasteiger partial charge is 0.0423 e. The van der Waals surface area contributed by atoms with Crippen LogP contribution in [0.5, 0.6) is 0 Å². The van der Waals surface area contributed by atoms with E-state index in [1.807, 2.05) is 23.5 Å². The second-order valence-electron chi connectivity index (χ2n) is 4.62. The Bertz CT molecular complexity index is 535. The summed E-state index contributed by atoms with van der Waals surface area (Å²) in [4.78, 5) is 0. The molecule has 0 aliphatic carbocycles. The van der Waals surface area contributed by atoms with Gasteiger partial charge >= 0.3 is 0 Å². The van der Waals surface area contributed by atoms with Crippen LogP contribution in [0.4, 0.5) is 0 Å². The number of hydrogen-bond donors (Lipinski definition) is 1. The molecule has 1 fully saturated rings. The number of nitrogens with two attached hydrogens (primary N) is 1. The van der Waals surface area contributed by atoms with Crippen molar-refractivity contribution < 1.29 is 0 Å². The van der Waals surface area contributed by atoms with Crippen molar-refractivity contribution in [2.45, 2.75) is 11.3 Å². The van der Waals surface area contributed by atoms with Gasteiger partial charge in [-0.1, -0.05) is 36.4 Å². The number of fused-ring (bicyclic) bond motifs is 1. The van der Waals surface area contributed by atoms with Crippen LogP contribution in [0.2, 0.25) is 0 Å². The van der Waals surface area contributed by atoms with Crippen LogP contribution >= 0.6 is 23.5 Å². The van der Waals surface area contributed by atoms with Crippen molar-refractivity contribution in [3.8, 4) is 0 Å². The van der Waals surface area contributed by atoms with E-state index in [2.05, 4.69) is 42.5 Å². The number of thioether (sulfide) groups is 2. The van der Waals surface area contributed by atoms with E-state index in [0.29, 0.717) is 5.25 Å². The van der Waals surface area contributed by atoms with Gasteiger partial charge in [0.2, 0.25) is 0 Å². The molecule has 94 valence electrons. The zero-order chi connectivity index (χ0) is 12.4. The Morgan fingerprint density at radius 1 is 1.06 bits per heavy atom. The van der Waals surface area contributed by atoms with E-state index in [4.69, 9.17) is 5.73 Å². The van der Waals surface area contributed by atoms with E-state index in [9.17, 15) is 0 Å². The Labute approximate surface area is 117 Å². The van der Waals surface area contributed by atoms with E-state index in [-0.39, 0.29) is 6.04 Å². The summed E-state index contributed by atoms with van der Waals surface area (Å²) in [5.41, 5.74) is 7.70. The van der Waals surface area contributed by atoms with Crippen molar-refractivity contribution in [3.63, 3.8) is 0 Å². The fraction of sp³-hybridized carbons (Fsp3) is 0.333. The number of rotatable bonds is 2. The molecule has 0 amide bonds. The lowest BCUT2D eigenvalue weighted by atomic mass is 10.0. The molecule has 0 saturated carbocycles. The van der Waals surface area contributed by atoms with Crippen molar-refractivity contribution >= 4 is 34.3 Å². The highest BCUT2D eigenvalue weighted by atomic mass is 32.2. The molecular weight excluding hydrogens is 258 g/mol. The van der Waals surface area contributed by atoms with E-state index in [1.54, 1.807) is 0 Å². The van der Waals surface area contributed by atoms with Crippen LogP contribution in [-0.4, -0.2) is 22.5 Å². The number of benzene rings is 2. The lowest BCUT2D eigenvalue weighted by molar-refractivity contribution is 0.721. The summed E-state index contributed by atoms with van der Waals surface area (Å²) < 4.78 is 0. The lowest BCUT2D eigenvalue weighted by Crippen LogP contribution is -2.28. The molecule has 1 aliphatic rings. The zero-order valence-corrected chi connectivity index (χ0v) is 11.8. The van der Waals surface area contributed by atoms with Crippen LogP contribution in [0.3, 0.4) is 0 Å². The molecule has 2 atom stereocenters. The minimum Gasteiger partial charge on any atom is -0.323 e. The SMILES string of the molecule is NC(c1ccc2ccccc2c1)C1CSCCS1. The second-order valence-corrected chi connectivity index (χ2v) is 7.11. The third-order valence-corrected chi connectivity index (χ3v) is 6.29. The fourth-order valence-electron chi connectivity index (χ4n) is 2.34. The molecule has 0 aromatic heterocycles. The fourth-order valence-corrected chi connectivity index (χ4v) is 5.15. The first-order valence-corrected chi connectivity index (χ1v) is 8.48. The Morgan fingerprint density at radius 3 is 2.67 bits per heavy atom. The molecule has 3 rings (SSSR count). The monoisotopic (exact) mass is 275 g/mol. The summed E-state index contributed by atoms with van der Waals surface area (Å²) in [5, 5.41) is 3.14. The predicted molar refractivity (Wildman–Crippen MR) is 84.4 cm³/mol. The highest BCUT2D eigenvalue weighted by molar-refractivity contribution is 8.06. The first-order valence-electron chi connectivity index (χ1n) is 6.28. The summed E-state index contributed by atoms with van der Waals surface area (Å²) in [6.45, 7) is 0. The molecule has 1 saturated heterocycles.